The molecule has 1 atom stereocenters. The zero-order chi connectivity index (χ0) is 18.5. The Morgan fingerprint density at radius 1 is 0.960 bits per heavy atom. The van der Waals surface area contributed by atoms with Gasteiger partial charge in [0.1, 0.15) is 0 Å². The highest BCUT2D eigenvalue weighted by atomic mass is 32.2. The highest BCUT2D eigenvalue weighted by molar-refractivity contribution is 7.92. The Hall–Kier alpha value is -2.01. The molecule has 0 saturated carbocycles. The summed E-state index contributed by atoms with van der Waals surface area (Å²) in [5.41, 5.74) is 0.363. The molecule has 0 bridgehead atoms. The molecule has 10 heteroatoms. The molecule has 2 rings (SSSR count). The smallest absolute Gasteiger partial charge is 0.261 e. The summed E-state index contributed by atoms with van der Waals surface area (Å²) in [4.78, 5) is 3.73. The number of rotatable bonds is 8. The molecular formula is C15H19N3O5S2. The fraction of sp³-hybridized carbons (Fsp3) is 0.267. The third-order valence-corrected chi connectivity index (χ3v) is 6.15. The fourth-order valence-corrected chi connectivity index (χ4v) is 4.34. The predicted molar refractivity (Wildman–Crippen MR) is 93.1 cm³/mol. The molecule has 0 spiro atoms. The quantitative estimate of drug-likeness (QED) is 0.706. The van der Waals surface area contributed by atoms with Crippen molar-refractivity contribution in [2.45, 2.75) is 22.8 Å². The number of benzene rings is 1. The van der Waals surface area contributed by atoms with Crippen LogP contribution in [-0.4, -0.2) is 41.6 Å². The van der Waals surface area contributed by atoms with Gasteiger partial charge in [0.2, 0.25) is 10.0 Å². The number of hydrogen-bond acceptors (Lipinski definition) is 6. The lowest BCUT2D eigenvalue weighted by Gasteiger charge is -2.13. The molecule has 2 aromatic rings. The van der Waals surface area contributed by atoms with Crippen molar-refractivity contribution in [2.75, 3.05) is 18.4 Å². The van der Waals surface area contributed by atoms with Crippen LogP contribution in [0.3, 0.4) is 0 Å². The molecule has 0 aliphatic carbocycles. The van der Waals surface area contributed by atoms with Crippen molar-refractivity contribution in [3.05, 3.63) is 48.8 Å². The van der Waals surface area contributed by atoms with E-state index in [0.717, 1.165) is 0 Å². The molecule has 0 fully saturated rings. The summed E-state index contributed by atoms with van der Waals surface area (Å²) >= 11 is 0. The number of aromatic nitrogens is 1. The zero-order valence-electron chi connectivity index (χ0n) is 13.7. The third kappa shape index (κ3) is 5.23. The van der Waals surface area contributed by atoms with Gasteiger partial charge in [0, 0.05) is 25.5 Å². The third-order valence-electron chi connectivity index (χ3n) is 3.15. The van der Waals surface area contributed by atoms with E-state index < -0.39 is 26.1 Å². The molecule has 2 N–H and O–H groups in total. The van der Waals surface area contributed by atoms with Crippen LogP contribution in [0.5, 0.6) is 0 Å². The van der Waals surface area contributed by atoms with Crippen LogP contribution < -0.4 is 9.44 Å². The first kappa shape index (κ1) is 19.3. The molecule has 0 aliphatic rings. The first-order valence-electron chi connectivity index (χ1n) is 7.29. The highest BCUT2D eigenvalue weighted by Crippen LogP contribution is 2.18. The van der Waals surface area contributed by atoms with E-state index in [4.69, 9.17) is 4.74 Å². The Morgan fingerprint density at radius 2 is 1.48 bits per heavy atom. The van der Waals surface area contributed by atoms with Gasteiger partial charge in [-0.1, -0.05) is 0 Å². The molecule has 1 aromatic carbocycles. The summed E-state index contributed by atoms with van der Waals surface area (Å²) in [6.45, 7) is 1.89. The Bertz CT molecular complexity index is 898. The molecule has 1 aromatic heterocycles. The molecular weight excluding hydrogens is 366 g/mol. The lowest BCUT2D eigenvalue weighted by Crippen LogP contribution is -2.35. The van der Waals surface area contributed by atoms with Gasteiger partial charge in [-0.2, -0.15) is 0 Å². The summed E-state index contributed by atoms with van der Waals surface area (Å²) in [6.07, 6.45) is 2.92. The van der Waals surface area contributed by atoms with Crippen molar-refractivity contribution in [3.8, 4) is 0 Å². The number of sulfonamides is 2. The summed E-state index contributed by atoms with van der Waals surface area (Å²) in [5.74, 6) is 0. The number of pyridine rings is 1. The van der Waals surface area contributed by atoms with Crippen molar-refractivity contribution in [2.24, 2.45) is 0 Å². The lowest BCUT2D eigenvalue weighted by molar-refractivity contribution is 0.180. The first-order valence-corrected chi connectivity index (χ1v) is 10.3. The average molecular weight is 385 g/mol. The minimum atomic E-state index is -3.82. The number of ether oxygens (including phenoxy) is 1. The SMILES string of the molecule is COCC(C)NS(=O)(=O)c1ccc(S(=O)(=O)Nc2ccncc2)cc1. The van der Waals surface area contributed by atoms with Crippen LogP contribution in [0.1, 0.15) is 6.92 Å². The molecule has 136 valence electrons. The van der Waals surface area contributed by atoms with Gasteiger partial charge in [-0.3, -0.25) is 9.71 Å². The molecule has 0 aliphatic heterocycles. The molecule has 1 unspecified atom stereocenters. The average Bonchev–Trinajstić information content (AvgIpc) is 2.55. The van der Waals surface area contributed by atoms with Crippen LogP contribution in [0, 0.1) is 0 Å². The zero-order valence-corrected chi connectivity index (χ0v) is 15.3. The van der Waals surface area contributed by atoms with E-state index in [-0.39, 0.29) is 16.4 Å². The molecule has 0 amide bonds. The largest absolute Gasteiger partial charge is 0.383 e. The van der Waals surface area contributed by atoms with Crippen molar-refractivity contribution in [1.29, 1.82) is 0 Å². The minimum Gasteiger partial charge on any atom is -0.383 e. The van der Waals surface area contributed by atoms with Gasteiger partial charge in [-0.25, -0.2) is 21.6 Å². The molecule has 0 saturated heterocycles. The maximum atomic E-state index is 12.3. The van der Waals surface area contributed by atoms with Crippen LogP contribution in [0.25, 0.3) is 0 Å². The Labute approximate surface area is 147 Å². The summed E-state index contributed by atoms with van der Waals surface area (Å²) < 4.78 is 58.8. The number of anilines is 1. The van der Waals surface area contributed by atoms with E-state index in [0.29, 0.717) is 5.69 Å². The van der Waals surface area contributed by atoms with Gasteiger partial charge in [0.05, 0.1) is 22.1 Å². The fourth-order valence-electron chi connectivity index (χ4n) is 2.05. The van der Waals surface area contributed by atoms with Crippen molar-refractivity contribution < 1.29 is 21.6 Å². The monoisotopic (exact) mass is 385 g/mol. The first-order chi connectivity index (χ1) is 11.7. The van der Waals surface area contributed by atoms with Gasteiger partial charge in [0.25, 0.3) is 10.0 Å². The summed E-state index contributed by atoms with van der Waals surface area (Å²) in [7, 11) is -6.10. The molecule has 8 nitrogen and oxygen atoms in total. The standard InChI is InChI=1S/C15H19N3O5S2/c1-12(11-23-2)17-24(19,20)14-3-5-15(6-4-14)25(21,22)18-13-7-9-16-10-8-13/h3-10,12,17H,11H2,1-2H3,(H,16,18). The van der Waals surface area contributed by atoms with Gasteiger partial charge in [0.15, 0.2) is 0 Å². The van der Waals surface area contributed by atoms with Crippen molar-refractivity contribution in [1.82, 2.24) is 9.71 Å². The summed E-state index contributed by atoms with van der Waals surface area (Å²) in [5, 5.41) is 0. The predicted octanol–water partition coefficient (Wildman–Crippen LogP) is 1.20. The number of methoxy groups -OCH3 is 1. The van der Waals surface area contributed by atoms with E-state index in [2.05, 4.69) is 14.4 Å². The Balaban J connectivity index is 2.19. The minimum absolute atomic E-state index is 0.0293. The maximum absolute atomic E-state index is 12.3. The lowest BCUT2D eigenvalue weighted by atomic mass is 10.4. The number of hydrogen-bond donors (Lipinski definition) is 2. The van der Waals surface area contributed by atoms with Gasteiger partial charge in [-0.15, -0.1) is 0 Å². The topological polar surface area (TPSA) is 114 Å². The van der Waals surface area contributed by atoms with Crippen LogP contribution in [-0.2, 0) is 24.8 Å². The van der Waals surface area contributed by atoms with Gasteiger partial charge >= 0.3 is 0 Å². The molecule has 0 radical (unpaired) electrons. The Kier molecular flexibility index (Phi) is 6.11. The van der Waals surface area contributed by atoms with Crippen molar-refractivity contribution >= 4 is 25.7 Å². The Morgan fingerprint density at radius 3 is 2.00 bits per heavy atom. The van der Waals surface area contributed by atoms with Crippen LogP contribution in [0.4, 0.5) is 5.69 Å². The summed E-state index contributed by atoms with van der Waals surface area (Å²) in [6, 6.07) is 7.56. The van der Waals surface area contributed by atoms with E-state index >= 15 is 0 Å². The highest BCUT2D eigenvalue weighted by Gasteiger charge is 2.19. The second-order valence-electron chi connectivity index (χ2n) is 5.29. The number of nitrogens with one attached hydrogen (secondary N) is 2. The van der Waals surface area contributed by atoms with E-state index in [1.807, 2.05) is 0 Å². The van der Waals surface area contributed by atoms with Gasteiger partial charge < -0.3 is 4.74 Å². The molecule has 1 heterocycles. The second kappa shape index (κ2) is 7.91. The van der Waals surface area contributed by atoms with Crippen LogP contribution in [0.2, 0.25) is 0 Å². The second-order valence-corrected chi connectivity index (χ2v) is 8.69. The molecule has 25 heavy (non-hydrogen) atoms. The van der Waals surface area contributed by atoms with Crippen LogP contribution >= 0.6 is 0 Å². The van der Waals surface area contributed by atoms with E-state index in [1.165, 1.54) is 55.9 Å². The van der Waals surface area contributed by atoms with Gasteiger partial charge in [-0.05, 0) is 43.3 Å². The van der Waals surface area contributed by atoms with E-state index in [9.17, 15) is 16.8 Å². The normalized spacial score (nSPS) is 13.4. The number of nitrogens with zero attached hydrogens (tertiary/aromatic N) is 1. The maximum Gasteiger partial charge on any atom is 0.261 e. The van der Waals surface area contributed by atoms with Crippen LogP contribution in [0.15, 0.2) is 58.6 Å². The van der Waals surface area contributed by atoms with E-state index in [1.54, 1.807) is 6.92 Å². The van der Waals surface area contributed by atoms with Crippen molar-refractivity contribution in [3.63, 3.8) is 0 Å².